The molecule has 2 rings (SSSR count). The number of hydrogen-bond donors (Lipinski definition) is 2. The number of ether oxygens (including phenoxy) is 1. The van der Waals surface area contributed by atoms with Gasteiger partial charge in [-0.2, -0.15) is 0 Å². The molecule has 0 fully saturated rings. The van der Waals surface area contributed by atoms with Crippen LogP contribution < -0.4 is 10.0 Å². The van der Waals surface area contributed by atoms with Crippen LogP contribution in [0.5, 0.6) is 0 Å². The second-order valence-corrected chi connectivity index (χ2v) is 7.23. The van der Waals surface area contributed by atoms with Crippen molar-refractivity contribution in [2.45, 2.75) is 11.8 Å². The summed E-state index contributed by atoms with van der Waals surface area (Å²) in [6.07, 6.45) is 0. The summed E-state index contributed by atoms with van der Waals surface area (Å²) in [6, 6.07) is 9.46. The van der Waals surface area contributed by atoms with Crippen LogP contribution >= 0.6 is 0 Å². The maximum atomic E-state index is 13.7. The molecular weight excluding hydrogens is 363 g/mol. The lowest BCUT2D eigenvalue weighted by Gasteiger charge is -2.09. The second-order valence-electron chi connectivity index (χ2n) is 5.34. The molecule has 0 aliphatic rings. The number of carbonyl (C=O) groups excluding carboxylic acids is 2. The van der Waals surface area contributed by atoms with Crippen molar-refractivity contribution in [2.24, 2.45) is 0 Å². The van der Waals surface area contributed by atoms with Gasteiger partial charge in [0.15, 0.2) is 6.61 Å². The molecule has 26 heavy (non-hydrogen) atoms. The highest BCUT2D eigenvalue weighted by Gasteiger charge is 2.16. The second kappa shape index (κ2) is 8.07. The van der Waals surface area contributed by atoms with E-state index in [1.807, 2.05) is 0 Å². The van der Waals surface area contributed by atoms with E-state index < -0.39 is 34.3 Å². The van der Waals surface area contributed by atoms with Crippen LogP contribution in [0.15, 0.2) is 47.4 Å². The molecule has 2 aromatic carbocycles. The zero-order valence-corrected chi connectivity index (χ0v) is 14.9. The van der Waals surface area contributed by atoms with Crippen molar-refractivity contribution in [1.82, 2.24) is 4.72 Å². The molecule has 0 heterocycles. The highest BCUT2D eigenvalue weighted by molar-refractivity contribution is 7.89. The van der Waals surface area contributed by atoms with E-state index in [1.54, 1.807) is 13.0 Å². The zero-order chi connectivity index (χ0) is 19.3. The lowest BCUT2D eigenvalue weighted by Crippen LogP contribution is -2.22. The Morgan fingerprint density at radius 3 is 2.54 bits per heavy atom. The number of anilines is 1. The summed E-state index contributed by atoms with van der Waals surface area (Å²) in [5.74, 6) is -2.20. The van der Waals surface area contributed by atoms with Crippen LogP contribution in [0.2, 0.25) is 0 Å². The van der Waals surface area contributed by atoms with Gasteiger partial charge in [0, 0.05) is 0 Å². The van der Waals surface area contributed by atoms with Gasteiger partial charge in [0.05, 0.1) is 16.1 Å². The number of rotatable bonds is 6. The molecule has 9 heteroatoms. The molecule has 0 unspecified atom stereocenters. The van der Waals surface area contributed by atoms with Crippen molar-refractivity contribution in [3.05, 3.63) is 59.4 Å². The molecule has 0 radical (unpaired) electrons. The predicted molar refractivity (Wildman–Crippen MR) is 92.7 cm³/mol. The van der Waals surface area contributed by atoms with Crippen molar-refractivity contribution in [1.29, 1.82) is 0 Å². The summed E-state index contributed by atoms with van der Waals surface area (Å²) in [4.78, 5) is 23.7. The normalized spacial score (nSPS) is 11.0. The van der Waals surface area contributed by atoms with Crippen molar-refractivity contribution in [3.8, 4) is 0 Å². The Bertz CT molecular complexity index is 944. The van der Waals surface area contributed by atoms with Gasteiger partial charge in [0.25, 0.3) is 5.91 Å². The molecule has 0 saturated heterocycles. The lowest BCUT2D eigenvalue weighted by molar-refractivity contribution is -0.119. The number of aryl methyl sites for hydroxylation is 1. The van der Waals surface area contributed by atoms with Gasteiger partial charge in [-0.3, -0.25) is 4.79 Å². The molecule has 0 bridgehead atoms. The molecule has 2 aromatic rings. The molecule has 0 aromatic heterocycles. The zero-order valence-electron chi connectivity index (χ0n) is 14.1. The van der Waals surface area contributed by atoms with Gasteiger partial charge in [-0.1, -0.05) is 12.1 Å². The Labute approximate surface area is 150 Å². The van der Waals surface area contributed by atoms with Crippen LogP contribution in [0.3, 0.4) is 0 Å². The Balaban J connectivity index is 2.00. The summed E-state index contributed by atoms with van der Waals surface area (Å²) in [6.45, 7) is 1.06. The smallest absolute Gasteiger partial charge is 0.338 e. The number of benzene rings is 2. The standard InChI is InChI=1S/C17H17FN2O5S/c1-11-6-7-15(14(18)8-11)20-16(21)10-25-17(22)12-4-3-5-13(9-12)26(23,24)19-2/h3-9,19H,10H2,1-2H3,(H,20,21). The topological polar surface area (TPSA) is 102 Å². The van der Waals surface area contributed by atoms with E-state index in [2.05, 4.69) is 10.0 Å². The first kappa shape index (κ1) is 19.5. The fourth-order valence-corrected chi connectivity index (χ4v) is 2.81. The van der Waals surface area contributed by atoms with Crippen molar-refractivity contribution in [3.63, 3.8) is 0 Å². The van der Waals surface area contributed by atoms with E-state index in [0.29, 0.717) is 5.56 Å². The maximum absolute atomic E-state index is 13.7. The maximum Gasteiger partial charge on any atom is 0.338 e. The number of carbonyl (C=O) groups is 2. The van der Waals surface area contributed by atoms with Gasteiger partial charge in [0.1, 0.15) is 5.82 Å². The van der Waals surface area contributed by atoms with Crippen LogP contribution in [0, 0.1) is 12.7 Å². The van der Waals surface area contributed by atoms with Gasteiger partial charge in [0.2, 0.25) is 10.0 Å². The van der Waals surface area contributed by atoms with Crippen LogP contribution in [0.1, 0.15) is 15.9 Å². The van der Waals surface area contributed by atoms with Crippen molar-refractivity contribution in [2.75, 3.05) is 19.0 Å². The minimum absolute atomic E-state index is 0.0289. The summed E-state index contributed by atoms with van der Waals surface area (Å²) < 4.78 is 44.1. The number of esters is 1. The van der Waals surface area contributed by atoms with Crippen LogP contribution in [-0.4, -0.2) is 33.9 Å². The largest absolute Gasteiger partial charge is 0.452 e. The first-order valence-electron chi connectivity index (χ1n) is 7.49. The Morgan fingerprint density at radius 1 is 1.15 bits per heavy atom. The third kappa shape index (κ3) is 4.87. The Hall–Kier alpha value is -2.78. The molecular formula is C17H17FN2O5S. The van der Waals surface area contributed by atoms with E-state index in [9.17, 15) is 22.4 Å². The van der Waals surface area contributed by atoms with Gasteiger partial charge >= 0.3 is 5.97 Å². The van der Waals surface area contributed by atoms with E-state index in [1.165, 1.54) is 37.4 Å². The highest BCUT2D eigenvalue weighted by atomic mass is 32.2. The number of amides is 1. The number of hydrogen-bond acceptors (Lipinski definition) is 5. The van der Waals surface area contributed by atoms with E-state index in [4.69, 9.17) is 4.74 Å². The molecule has 2 N–H and O–H groups in total. The lowest BCUT2D eigenvalue weighted by atomic mass is 10.2. The summed E-state index contributed by atoms with van der Waals surface area (Å²) in [5, 5.41) is 2.29. The first-order chi connectivity index (χ1) is 12.2. The van der Waals surface area contributed by atoms with E-state index >= 15 is 0 Å². The van der Waals surface area contributed by atoms with Crippen LogP contribution in [-0.2, 0) is 19.6 Å². The number of sulfonamides is 1. The molecule has 0 saturated carbocycles. The summed E-state index contributed by atoms with van der Waals surface area (Å²) in [7, 11) is -2.47. The molecule has 0 atom stereocenters. The average molecular weight is 380 g/mol. The van der Waals surface area contributed by atoms with Gasteiger partial charge in [-0.15, -0.1) is 0 Å². The van der Waals surface area contributed by atoms with Gasteiger partial charge in [-0.05, 0) is 49.9 Å². The Kier molecular flexibility index (Phi) is 6.06. The minimum Gasteiger partial charge on any atom is -0.452 e. The van der Waals surface area contributed by atoms with Gasteiger partial charge in [-0.25, -0.2) is 22.3 Å². The summed E-state index contributed by atoms with van der Waals surface area (Å²) in [5.41, 5.74) is 0.637. The van der Waals surface area contributed by atoms with Crippen molar-refractivity contribution < 1.29 is 27.1 Å². The third-order valence-corrected chi connectivity index (χ3v) is 4.79. The SMILES string of the molecule is CNS(=O)(=O)c1cccc(C(=O)OCC(=O)Nc2ccc(C)cc2F)c1. The van der Waals surface area contributed by atoms with Gasteiger partial charge < -0.3 is 10.1 Å². The number of nitrogens with one attached hydrogen (secondary N) is 2. The predicted octanol–water partition coefficient (Wildman–Crippen LogP) is 1.84. The van der Waals surface area contributed by atoms with E-state index in [-0.39, 0.29) is 16.1 Å². The van der Waals surface area contributed by atoms with Crippen LogP contribution in [0.25, 0.3) is 0 Å². The average Bonchev–Trinajstić information content (AvgIpc) is 2.62. The third-order valence-electron chi connectivity index (χ3n) is 3.38. The molecule has 7 nitrogen and oxygen atoms in total. The quantitative estimate of drug-likeness (QED) is 0.745. The van der Waals surface area contributed by atoms with Crippen LogP contribution in [0.4, 0.5) is 10.1 Å². The number of halogens is 1. The Morgan fingerprint density at radius 2 is 1.88 bits per heavy atom. The molecule has 138 valence electrons. The monoisotopic (exact) mass is 380 g/mol. The van der Waals surface area contributed by atoms with E-state index in [0.717, 1.165) is 6.07 Å². The molecule has 0 aliphatic heterocycles. The highest BCUT2D eigenvalue weighted by Crippen LogP contribution is 2.15. The first-order valence-corrected chi connectivity index (χ1v) is 8.98. The summed E-state index contributed by atoms with van der Waals surface area (Å²) >= 11 is 0. The van der Waals surface area contributed by atoms with Crippen molar-refractivity contribution >= 4 is 27.6 Å². The fourth-order valence-electron chi connectivity index (χ4n) is 2.03. The fraction of sp³-hybridized carbons (Fsp3) is 0.176. The molecule has 1 amide bonds. The minimum atomic E-state index is -3.71. The molecule has 0 aliphatic carbocycles. The molecule has 0 spiro atoms.